The molecule has 0 fully saturated rings. The SMILES string of the molecule is COc1ccc(OCc2ccc(/C=C/C(=O)c3ccc(OC)c(OC)c3)o2)cc1. The van der Waals surface area contributed by atoms with Crippen molar-refractivity contribution < 1.29 is 28.2 Å². The van der Waals surface area contributed by atoms with Crippen molar-refractivity contribution in [2.75, 3.05) is 21.3 Å². The molecular weight excluding hydrogens is 372 g/mol. The predicted molar refractivity (Wildman–Crippen MR) is 109 cm³/mol. The van der Waals surface area contributed by atoms with Gasteiger partial charge in [-0.15, -0.1) is 0 Å². The first-order chi connectivity index (χ1) is 14.1. The maximum atomic E-state index is 12.4. The van der Waals surface area contributed by atoms with E-state index in [0.717, 1.165) is 5.75 Å². The molecule has 0 atom stereocenters. The largest absolute Gasteiger partial charge is 0.497 e. The maximum absolute atomic E-state index is 12.4. The average Bonchev–Trinajstić information content (AvgIpc) is 3.23. The molecule has 6 heteroatoms. The highest BCUT2D eigenvalue weighted by Gasteiger charge is 2.09. The molecule has 0 amide bonds. The van der Waals surface area contributed by atoms with Crippen LogP contribution in [-0.2, 0) is 6.61 Å². The van der Waals surface area contributed by atoms with Crippen LogP contribution in [0.5, 0.6) is 23.0 Å². The van der Waals surface area contributed by atoms with E-state index in [1.807, 2.05) is 30.3 Å². The quantitative estimate of drug-likeness (QED) is 0.384. The minimum Gasteiger partial charge on any atom is -0.497 e. The summed E-state index contributed by atoms with van der Waals surface area (Å²) in [5.74, 6) is 3.60. The Morgan fingerprint density at radius 2 is 1.59 bits per heavy atom. The molecule has 0 unspecified atom stereocenters. The van der Waals surface area contributed by atoms with Crippen LogP contribution in [0.25, 0.3) is 6.08 Å². The van der Waals surface area contributed by atoms with Crippen LogP contribution in [0.3, 0.4) is 0 Å². The molecule has 0 spiro atoms. The summed E-state index contributed by atoms with van der Waals surface area (Å²) in [6.07, 6.45) is 3.07. The lowest BCUT2D eigenvalue weighted by atomic mass is 10.1. The van der Waals surface area contributed by atoms with Gasteiger partial charge in [-0.3, -0.25) is 4.79 Å². The molecule has 29 heavy (non-hydrogen) atoms. The van der Waals surface area contributed by atoms with Gasteiger partial charge in [0.15, 0.2) is 17.3 Å². The van der Waals surface area contributed by atoms with Crippen LogP contribution in [-0.4, -0.2) is 27.1 Å². The molecule has 0 saturated heterocycles. The number of carbonyl (C=O) groups excluding carboxylic acids is 1. The molecule has 0 aliphatic rings. The number of carbonyl (C=O) groups is 1. The fourth-order valence-electron chi connectivity index (χ4n) is 2.63. The molecule has 0 aliphatic heterocycles. The molecule has 0 N–H and O–H groups in total. The Balaban J connectivity index is 1.60. The van der Waals surface area contributed by atoms with E-state index in [1.54, 1.807) is 44.6 Å². The van der Waals surface area contributed by atoms with Gasteiger partial charge in [-0.05, 0) is 66.7 Å². The monoisotopic (exact) mass is 394 g/mol. The molecule has 0 radical (unpaired) electrons. The Hall–Kier alpha value is -3.67. The number of ketones is 1. The highest BCUT2D eigenvalue weighted by atomic mass is 16.5. The van der Waals surface area contributed by atoms with E-state index in [9.17, 15) is 4.79 Å². The Morgan fingerprint density at radius 1 is 0.862 bits per heavy atom. The van der Waals surface area contributed by atoms with E-state index in [1.165, 1.54) is 13.2 Å². The number of rotatable bonds is 9. The minimum absolute atomic E-state index is 0.168. The number of ether oxygens (including phenoxy) is 4. The Kier molecular flexibility index (Phi) is 6.58. The van der Waals surface area contributed by atoms with Crippen molar-refractivity contribution in [1.82, 2.24) is 0 Å². The normalized spacial score (nSPS) is 10.7. The topological polar surface area (TPSA) is 67.1 Å². The number of hydrogen-bond acceptors (Lipinski definition) is 6. The second-order valence-electron chi connectivity index (χ2n) is 6.04. The summed E-state index contributed by atoms with van der Waals surface area (Å²) in [5.41, 5.74) is 0.494. The number of allylic oxidation sites excluding steroid dienone is 1. The van der Waals surface area contributed by atoms with Crippen molar-refractivity contribution >= 4 is 11.9 Å². The third kappa shape index (κ3) is 5.19. The van der Waals surface area contributed by atoms with E-state index in [4.69, 9.17) is 23.4 Å². The molecule has 6 nitrogen and oxygen atoms in total. The number of methoxy groups -OCH3 is 3. The van der Waals surface area contributed by atoms with Gasteiger partial charge in [0.25, 0.3) is 0 Å². The number of hydrogen-bond donors (Lipinski definition) is 0. The van der Waals surface area contributed by atoms with Crippen LogP contribution in [0, 0.1) is 0 Å². The first-order valence-corrected chi connectivity index (χ1v) is 8.93. The second kappa shape index (κ2) is 9.50. The highest BCUT2D eigenvalue weighted by Crippen LogP contribution is 2.28. The molecule has 3 aromatic rings. The van der Waals surface area contributed by atoms with Crippen molar-refractivity contribution in [3.8, 4) is 23.0 Å². The van der Waals surface area contributed by atoms with Crippen LogP contribution in [0.1, 0.15) is 21.9 Å². The summed E-state index contributed by atoms with van der Waals surface area (Å²) >= 11 is 0. The van der Waals surface area contributed by atoms with Crippen LogP contribution in [0.15, 0.2) is 65.1 Å². The molecule has 0 bridgehead atoms. The van der Waals surface area contributed by atoms with Crippen molar-refractivity contribution in [2.45, 2.75) is 6.61 Å². The molecule has 1 aromatic heterocycles. The van der Waals surface area contributed by atoms with Crippen LogP contribution < -0.4 is 18.9 Å². The van der Waals surface area contributed by atoms with Gasteiger partial charge >= 0.3 is 0 Å². The van der Waals surface area contributed by atoms with Crippen molar-refractivity contribution in [2.24, 2.45) is 0 Å². The van der Waals surface area contributed by atoms with Gasteiger partial charge in [0.1, 0.15) is 29.6 Å². The molecule has 3 rings (SSSR count). The van der Waals surface area contributed by atoms with E-state index < -0.39 is 0 Å². The van der Waals surface area contributed by atoms with Gasteiger partial charge in [-0.25, -0.2) is 0 Å². The van der Waals surface area contributed by atoms with E-state index in [2.05, 4.69) is 0 Å². The minimum atomic E-state index is -0.168. The number of benzene rings is 2. The molecule has 0 saturated carbocycles. The Morgan fingerprint density at radius 3 is 2.28 bits per heavy atom. The van der Waals surface area contributed by atoms with Gasteiger partial charge in [0.05, 0.1) is 21.3 Å². The Labute approximate surface area is 169 Å². The van der Waals surface area contributed by atoms with Crippen LogP contribution >= 0.6 is 0 Å². The summed E-state index contributed by atoms with van der Waals surface area (Å²) in [5, 5.41) is 0. The van der Waals surface area contributed by atoms with E-state index in [-0.39, 0.29) is 12.4 Å². The standard InChI is InChI=1S/C23H22O6/c1-25-17-5-7-18(8-6-17)28-15-20-10-9-19(29-20)11-12-21(24)16-4-13-22(26-2)23(14-16)27-3/h4-14H,15H2,1-3H3/b12-11+. The first-order valence-electron chi connectivity index (χ1n) is 8.93. The van der Waals surface area contributed by atoms with Gasteiger partial charge in [0, 0.05) is 5.56 Å². The first kappa shape index (κ1) is 20.1. The van der Waals surface area contributed by atoms with Crippen LogP contribution in [0.2, 0.25) is 0 Å². The summed E-state index contributed by atoms with van der Waals surface area (Å²) in [6, 6.07) is 15.9. The second-order valence-corrected chi connectivity index (χ2v) is 6.04. The lowest BCUT2D eigenvalue weighted by Gasteiger charge is -2.07. The maximum Gasteiger partial charge on any atom is 0.186 e. The third-order valence-corrected chi connectivity index (χ3v) is 4.19. The van der Waals surface area contributed by atoms with Crippen molar-refractivity contribution in [1.29, 1.82) is 0 Å². The van der Waals surface area contributed by atoms with E-state index >= 15 is 0 Å². The summed E-state index contributed by atoms with van der Waals surface area (Å²) in [7, 11) is 4.69. The zero-order valence-corrected chi connectivity index (χ0v) is 16.5. The molecule has 0 aliphatic carbocycles. The molecule has 150 valence electrons. The zero-order chi connectivity index (χ0) is 20.6. The highest BCUT2D eigenvalue weighted by molar-refractivity contribution is 6.07. The van der Waals surface area contributed by atoms with Gasteiger partial charge in [-0.2, -0.15) is 0 Å². The lowest BCUT2D eigenvalue weighted by Crippen LogP contribution is -1.97. The van der Waals surface area contributed by atoms with Crippen molar-refractivity contribution in [3.63, 3.8) is 0 Å². The van der Waals surface area contributed by atoms with Gasteiger partial charge in [0.2, 0.25) is 0 Å². The number of furan rings is 1. The zero-order valence-electron chi connectivity index (χ0n) is 16.5. The lowest BCUT2D eigenvalue weighted by molar-refractivity contribution is 0.104. The van der Waals surface area contributed by atoms with Crippen molar-refractivity contribution in [3.05, 3.63) is 77.8 Å². The van der Waals surface area contributed by atoms with E-state index in [0.29, 0.717) is 34.3 Å². The molecule has 1 heterocycles. The fourth-order valence-corrected chi connectivity index (χ4v) is 2.63. The average molecular weight is 394 g/mol. The summed E-state index contributed by atoms with van der Waals surface area (Å²) < 4.78 is 26.9. The smallest absolute Gasteiger partial charge is 0.186 e. The summed E-state index contributed by atoms with van der Waals surface area (Å²) in [6.45, 7) is 0.282. The predicted octanol–water partition coefficient (Wildman–Crippen LogP) is 4.78. The molecule has 2 aromatic carbocycles. The fraction of sp³-hybridized carbons (Fsp3) is 0.174. The van der Waals surface area contributed by atoms with Gasteiger partial charge in [-0.1, -0.05) is 0 Å². The Bertz CT molecular complexity index is 985. The molecular formula is C23H22O6. The third-order valence-electron chi connectivity index (χ3n) is 4.19. The van der Waals surface area contributed by atoms with Crippen LogP contribution in [0.4, 0.5) is 0 Å². The van der Waals surface area contributed by atoms with Gasteiger partial charge < -0.3 is 23.4 Å². The summed E-state index contributed by atoms with van der Waals surface area (Å²) in [4.78, 5) is 12.4.